The van der Waals surface area contributed by atoms with Crippen LogP contribution in [0.5, 0.6) is 0 Å². The van der Waals surface area contributed by atoms with Gasteiger partial charge in [0.1, 0.15) is 11.3 Å². The van der Waals surface area contributed by atoms with Gasteiger partial charge in [0, 0.05) is 6.04 Å². The highest BCUT2D eigenvalue weighted by Crippen LogP contribution is 2.22. The summed E-state index contributed by atoms with van der Waals surface area (Å²) in [4.78, 5) is 4.40. The molecule has 1 aromatic heterocycles. The van der Waals surface area contributed by atoms with Crippen molar-refractivity contribution in [2.45, 2.75) is 33.4 Å². The Morgan fingerprint density at radius 3 is 2.82 bits per heavy atom. The van der Waals surface area contributed by atoms with E-state index in [1.165, 1.54) is 6.07 Å². The van der Waals surface area contributed by atoms with Gasteiger partial charge in [-0.1, -0.05) is 13.0 Å². The Balaban J connectivity index is 2.58. The maximum atomic E-state index is 13.7. The van der Waals surface area contributed by atoms with Gasteiger partial charge in [0.25, 0.3) is 0 Å². The highest BCUT2D eigenvalue weighted by Gasteiger charge is 2.14. The lowest BCUT2D eigenvalue weighted by Gasteiger charge is -2.13. The van der Waals surface area contributed by atoms with Crippen molar-refractivity contribution < 1.29 is 4.39 Å². The van der Waals surface area contributed by atoms with Crippen molar-refractivity contribution >= 4 is 11.0 Å². The molecule has 2 aromatic rings. The van der Waals surface area contributed by atoms with Crippen LogP contribution >= 0.6 is 0 Å². The van der Waals surface area contributed by atoms with Crippen LogP contribution in [-0.2, 0) is 6.54 Å². The Hall–Kier alpha value is -1.42. The van der Waals surface area contributed by atoms with Crippen molar-refractivity contribution in [2.24, 2.45) is 0 Å². The van der Waals surface area contributed by atoms with Gasteiger partial charge in [0.05, 0.1) is 12.1 Å². The van der Waals surface area contributed by atoms with Crippen LogP contribution in [0.15, 0.2) is 18.2 Å². The SMILES string of the molecule is CCNCc1nc2c(F)cccc2n1C(C)C. The molecule has 0 amide bonds. The molecule has 0 saturated heterocycles. The first-order chi connectivity index (χ1) is 8.15. The molecule has 1 N–H and O–H groups in total. The minimum atomic E-state index is -0.250. The zero-order chi connectivity index (χ0) is 12.4. The maximum Gasteiger partial charge on any atom is 0.151 e. The molecule has 0 bridgehead atoms. The highest BCUT2D eigenvalue weighted by atomic mass is 19.1. The van der Waals surface area contributed by atoms with Crippen molar-refractivity contribution in [1.29, 1.82) is 0 Å². The Kier molecular flexibility index (Phi) is 3.43. The Bertz CT molecular complexity index is 517. The number of halogens is 1. The van der Waals surface area contributed by atoms with E-state index in [-0.39, 0.29) is 11.9 Å². The van der Waals surface area contributed by atoms with Gasteiger partial charge < -0.3 is 9.88 Å². The third-order valence-electron chi connectivity index (χ3n) is 2.79. The number of para-hydroxylation sites is 1. The number of nitrogens with one attached hydrogen (secondary N) is 1. The average molecular weight is 235 g/mol. The number of aromatic nitrogens is 2. The van der Waals surface area contributed by atoms with E-state index >= 15 is 0 Å². The van der Waals surface area contributed by atoms with Crippen LogP contribution < -0.4 is 5.32 Å². The van der Waals surface area contributed by atoms with Crippen molar-refractivity contribution in [3.63, 3.8) is 0 Å². The summed E-state index contributed by atoms with van der Waals surface area (Å²) in [6.45, 7) is 7.76. The molecule has 17 heavy (non-hydrogen) atoms. The Morgan fingerprint density at radius 2 is 2.18 bits per heavy atom. The van der Waals surface area contributed by atoms with Crippen LogP contribution in [-0.4, -0.2) is 16.1 Å². The van der Waals surface area contributed by atoms with Gasteiger partial charge in [-0.3, -0.25) is 0 Å². The van der Waals surface area contributed by atoms with Gasteiger partial charge in [0.2, 0.25) is 0 Å². The molecule has 0 spiro atoms. The molecule has 1 heterocycles. The molecule has 0 fully saturated rings. The molecule has 3 nitrogen and oxygen atoms in total. The van der Waals surface area contributed by atoms with Crippen molar-refractivity contribution in [3.8, 4) is 0 Å². The largest absolute Gasteiger partial charge is 0.324 e. The van der Waals surface area contributed by atoms with Gasteiger partial charge in [-0.05, 0) is 32.5 Å². The molecule has 0 atom stereocenters. The molecular formula is C13H18FN3. The van der Waals surface area contributed by atoms with Crippen molar-refractivity contribution in [1.82, 2.24) is 14.9 Å². The third-order valence-corrected chi connectivity index (χ3v) is 2.79. The summed E-state index contributed by atoms with van der Waals surface area (Å²) in [6.07, 6.45) is 0. The number of rotatable bonds is 4. The minimum Gasteiger partial charge on any atom is -0.324 e. The fourth-order valence-electron chi connectivity index (χ4n) is 2.07. The van der Waals surface area contributed by atoms with Gasteiger partial charge in [-0.15, -0.1) is 0 Å². The molecule has 4 heteroatoms. The molecule has 0 unspecified atom stereocenters. The second-order valence-electron chi connectivity index (χ2n) is 4.38. The number of hydrogen-bond acceptors (Lipinski definition) is 2. The van der Waals surface area contributed by atoms with E-state index in [2.05, 4.69) is 28.7 Å². The normalized spacial score (nSPS) is 11.6. The predicted molar refractivity (Wildman–Crippen MR) is 67.5 cm³/mol. The Labute approximate surface area is 101 Å². The number of nitrogens with zero attached hydrogens (tertiary/aromatic N) is 2. The zero-order valence-electron chi connectivity index (χ0n) is 10.5. The number of benzene rings is 1. The molecule has 2 rings (SSSR count). The lowest BCUT2D eigenvalue weighted by atomic mass is 10.3. The Morgan fingerprint density at radius 1 is 1.41 bits per heavy atom. The van der Waals surface area contributed by atoms with E-state index in [0.717, 1.165) is 17.9 Å². The number of hydrogen-bond donors (Lipinski definition) is 1. The summed E-state index contributed by atoms with van der Waals surface area (Å²) in [5.74, 6) is 0.640. The summed E-state index contributed by atoms with van der Waals surface area (Å²) in [6, 6.07) is 5.38. The van der Waals surface area contributed by atoms with Crippen LogP contribution in [0, 0.1) is 5.82 Å². The molecule has 0 saturated carbocycles. The monoisotopic (exact) mass is 235 g/mol. The average Bonchev–Trinajstić information content (AvgIpc) is 2.66. The van der Waals surface area contributed by atoms with Crippen LogP contribution in [0.2, 0.25) is 0 Å². The van der Waals surface area contributed by atoms with Crippen molar-refractivity contribution in [3.05, 3.63) is 29.8 Å². The quantitative estimate of drug-likeness (QED) is 0.883. The van der Waals surface area contributed by atoms with E-state index in [1.807, 2.05) is 13.0 Å². The van der Waals surface area contributed by atoms with Gasteiger partial charge in [-0.25, -0.2) is 9.37 Å². The van der Waals surface area contributed by atoms with Gasteiger partial charge >= 0.3 is 0 Å². The van der Waals surface area contributed by atoms with E-state index in [4.69, 9.17) is 0 Å². The summed E-state index contributed by atoms with van der Waals surface area (Å²) in [7, 11) is 0. The lowest BCUT2D eigenvalue weighted by Crippen LogP contribution is -2.17. The topological polar surface area (TPSA) is 29.9 Å². The third kappa shape index (κ3) is 2.17. The van der Waals surface area contributed by atoms with E-state index in [1.54, 1.807) is 6.07 Å². The van der Waals surface area contributed by atoms with Crippen molar-refractivity contribution in [2.75, 3.05) is 6.54 Å². The summed E-state index contributed by atoms with van der Waals surface area (Å²) in [5, 5.41) is 3.23. The molecular weight excluding hydrogens is 217 g/mol. The smallest absolute Gasteiger partial charge is 0.151 e. The zero-order valence-corrected chi connectivity index (χ0v) is 10.5. The number of fused-ring (bicyclic) bond motifs is 1. The summed E-state index contributed by atoms with van der Waals surface area (Å²) in [5.41, 5.74) is 1.34. The number of imidazole rings is 1. The first-order valence-corrected chi connectivity index (χ1v) is 6.01. The van der Waals surface area contributed by atoms with E-state index < -0.39 is 0 Å². The molecule has 92 valence electrons. The second-order valence-corrected chi connectivity index (χ2v) is 4.38. The minimum absolute atomic E-state index is 0.250. The first-order valence-electron chi connectivity index (χ1n) is 6.01. The lowest BCUT2D eigenvalue weighted by molar-refractivity contribution is 0.560. The molecule has 0 aliphatic heterocycles. The van der Waals surface area contributed by atoms with Gasteiger partial charge in [0.15, 0.2) is 5.82 Å². The highest BCUT2D eigenvalue weighted by molar-refractivity contribution is 5.76. The summed E-state index contributed by atoms with van der Waals surface area (Å²) >= 11 is 0. The van der Waals surface area contributed by atoms with Crippen LogP contribution in [0.3, 0.4) is 0 Å². The summed E-state index contributed by atoms with van der Waals surface area (Å²) < 4.78 is 15.8. The van der Waals surface area contributed by atoms with E-state index in [9.17, 15) is 4.39 Å². The van der Waals surface area contributed by atoms with Crippen LogP contribution in [0.4, 0.5) is 4.39 Å². The fourth-order valence-corrected chi connectivity index (χ4v) is 2.07. The fraction of sp³-hybridized carbons (Fsp3) is 0.462. The first kappa shape index (κ1) is 12.0. The van der Waals surface area contributed by atoms with E-state index in [0.29, 0.717) is 12.1 Å². The molecule has 0 aliphatic carbocycles. The van der Waals surface area contributed by atoms with Crippen LogP contribution in [0.1, 0.15) is 32.6 Å². The van der Waals surface area contributed by atoms with Gasteiger partial charge in [-0.2, -0.15) is 0 Å². The maximum absolute atomic E-state index is 13.7. The predicted octanol–water partition coefficient (Wildman–Crippen LogP) is 2.87. The molecule has 0 radical (unpaired) electrons. The molecule has 1 aromatic carbocycles. The standard InChI is InChI=1S/C13H18FN3/c1-4-15-8-12-16-13-10(14)6-5-7-11(13)17(12)9(2)3/h5-7,9,15H,4,8H2,1-3H3. The molecule has 0 aliphatic rings. The second kappa shape index (κ2) is 4.84. The van der Waals surface area contributed by atoms with Crippen LogP contribution in [0.25, 0.3) is 11.0 Å².